The van der Waals surface area contributed by atoms with Gasteiger partial charge < -0.3 is 14.5 Å². The second-order valence-electron chi connectivity index (χ2n) is 10.4. The van der Waals surface area contributed by atoms with Crippen molar-refractivity contribution < 1.29 is 9.47 Å². The van der Waals surface area contributed by atoms with Gasteiger partial charge in [0.05, 0.1) is 30.3 Å². The van der Waals surface area contributed by atoms with Gasteiger partial charge in [-0.1, -0.05) is 20.8 Å². The summed E-state index contributed by atoms with van der Waals surface area (Å²) >= 11 is 0. The highest BCUT2D eigenvalue weighted by Crippen LogP contribution is 2.33. The lowest BCUT2D eigenvalue weighted by atomic mass is 9.97. The molecule has 0 aliphatic carbocycles. The first kappa shape index (κ1) is 25.3. The van der Waals surface area contributed by atoms with Crippen LogP contribution in [0.4, 0.5) is 0 Å². The number of fused-ring (bicyclic) bond motifs is 1. The first-order chi connectivity index (χ1) is 16.7. The molecule has 2 aromatic heterocycles. The van der Waals surface area contributed by atoms with Gasteiger partial charge in [0.15, 0.2) is 5.82 Å². The minimum absolute atomic E-state index is 0.0778. The van der Waals surface area contributed by atoms with Gasteiger partial charge in [-0.15, -0.1) is 5.10 Å². The lowest BCUT2D eigenvalue weighted by Crippen LogP contribution is -2.41. The molecule has 0 radical (unpaired) electrons. The fourth-order valence-electron chi connectivity index (χ4n) is 4.86. The van der Waals surface area contributed by atoms with Crippen molar-refractivity contribution in [2.24, 2.45) is 5.92 Å². The van der Waals surface area contributed by atoms with Crippen LogP contribution in [0.15, 0.2) is 29.1 Å². The molecule has 1 fully saturated rings. The molecule has 0 amide bonds. The van der Waals surface area contributed by atoms with E-state index >= 15 is 0 Å². The van der Waals surface area contributed by atoms with Crippen LogP contribution in [0.25, 0.3) is 10.9 Å². The molecule has 1 aromatic carbocycles. The number of nitrogens with one attached hydrogen (secondary N) is 1. The molecule has 1 saturated heterocycles. The quantitative estimate of drug-likeness (QED) is 0.465. The molecule has 0 unspecified atom stereocenters. The molecule has 35 heavy (non-hydrogen) atoms. The number of aromatic amines is 1. The van der Waals surface area contributed by atoms with Gasteiger partial charge in [0.25, 0.3) is 5.56 Å². The number of ether oxygens (including phenoxy) is 2. The van der Waals surface area contributed by atoms with Gasteiger partial charge in [-0.3, -0.25) is 9.69 Å². The molecular weight excluding hydrogens is 444 g/mol. The minimum Gasteiger partial charge on any atom is -0.497 e. The lowest BCUT2D eigenvalue weighted by molar-refractivity contribution is 0.0368. The van der Waals surface area contributed by atoms with E-state index in [4.69, 9.17) is 9.47 Å². The van der Waals surface area contributed by atoms with Crippen LogP contribution in [0.5, 0.6) is 5.75 Å². The zero-order valence-corrected chi connectivity index (χ0v) is 21.7. The smallest absolute Gasteiger partial charge is 0.252 e. The van der Waals surface area contributed by atoms with Crippen molar-refractivity contribution in [1.29, 1.82) is 0 Å². The van der Waals surface area contributed by atoms with Crippen molar-refractivity contribution in [3.05, 3.63) is 46.0 Å². The van der Waals surface area contributed by atoms with Crippen molar-refractivity contribution in [3.63, 3.8) is 0 Å². The molecule has 9 heteroatoms. The number of nitrogens with zero attached hydrogens (tertiary/aromatic N) is 5. The van der Waals surface area contributed by atoms with Crippen LogP contribution in [-0.4, -0.2) is 56.5 Å². The summed E-state index contributed by atoms with van der Waals surface area (Å²) in [5.41, 5.74) is 1.15. The second kappa shape index (κ2) is 10.5. The molecule has 9 nitrogen and oxygen atoms in total. The summed E-state index contributed by atoms with van der Waals surface area (Å²) in [4.78, 5) is 18.5. The maximum Gasteiger partial charge on any atom is 0.252 e. The maximum absolute atomic E-state index is 13.2. The summed E-state index contributed by atoms with van der Waals surface area (Å²) in [5, 5.41) is 13.9. The standard InChI is InChI=1S/C26H38N6O3/c1-7-26(4,5)32-24(28-29-30-32)23(17(2)3)31(16-21-9-8-12-35-21)15-19-13-18-10-11-20(34-6)14-22(18)27-25(19)33/h10-11,13-14,17,21,23H,7-9,12,15-16H2,1-6H3,(H,27,33)/t21-,23-/m1/s1. The monoisotopic (exact) mass is 482 g/mol. The van der Waals surface area contributed by atoms with Crippen LogP contribution >= 0.6 is 0 Å². The molecule has 1 aliphatic rings. The molecule has 0 spiro atoms. The number of benzene rings is 1. The fraction of sp³-hybridized carbons (Fsp3) is 0.615. The van der Waals surface area contributed by atoms with Crippen molar-refractivity contribution in [3.8, 4) is 5.75 Å². The highest BCUT2D eigenvalue weighted by Gasteiger charge is 2.35. The maximum atomic E-state index is 13.2. The molecule has 1 aliphatic heterocycles. The number of H-pyrrole nitrogens is 1. The number of hydrogen-bond acceptors (Lipinski definition) is 7. The number of hydrogen-bond donors (Lipinski definition) is 1. The van der Waals surface area contributed by atoms with E-state index in [1.165, 1.54) is 0 Å². The van der Waals surface area contributed by atoms with Crippen LogP contribution in [0.2, 0.25) is 0 Å². The fourth-order valence-corrected chi connectivity index (χ4v) is 4.86. The van der Waals surface area contributed by atoms with E-state index in [9.17, 15) is 4.79 Å². The predicted molar refractivity (Wildman–Crippen MR) is 136 cm³/mol. The molecule has 3 aromatic rings. The molecular formula is C26H38N6O3. The molecule has 2 atom stereocenters. The van der Waals surface area contributed by atoms with E-state index in [1.54, 1.807) is 7.11 Å². The number of methoxy groups -OCH3 is 1. The average Bonchev–Trinajstić information content (AvgIpc) is 3.52. The van der Waals surface area contributed by atoms with Crippen LogP contribution in [-0.2, 0) is 16.8 Å². The second-order valence-corrected chi connectivity index (χ2v) is 10.4. The summed E-state index contributed by atoms with van der Waals surface area (Å²) in [7, 11) is 1.62. The van der Waals surface area contributed by atoms with Crippen molar-refractivity contribution >= 4 is 10.9 Å². The lowest BCUT2D eigenvalue weighted by Gasteiger charge is -2.36. The number of tetrazole rings is 1. The molecule has 0 bridgehead atoms. The topological polar surface area (TPSA) is 98.2 Å². The van der Waals surface area contributed by atoms with E-state index < -0.39 is 0 Å². The summed E-state index contributed by atoms with van der Waals surface area (Å²) in [5.74, 6) is 1.76. The Morgan fingerprint density at radius 3 is 2.77 bits per heavy atom. The van der Waals surface area contributed by atoms with E-state index in [2.05, 4.69) is 60.0 Å². The number of aromatic nitrogens is 5. The van der Waals surface area contributed by atoms with Gasteiger partial charge >= 0.3 is 0 Å². The van der Waals surface area contributed by atoms with E-state index in [0.29, 0.717) is 24.4 Å². The highest BCUT2D eigenvalue weighted by atomic mass is 16.5. The third-order valence-electron chi connectivity index (χ3n) is 7.19. The predicted octanol–water partition coefficient (Wildman–Crippen LogP) is 4.05. The van der Waals surface area contributed by atoms with E-state index in [-0.39, 0.29) is 29.2 Å². The zero-order chi connectivity index (χ0) is 25.2. The Morgan fingerprint density at radius 2 is 2.11 bits per heavy atom. The Morgan fingerprint density at radius 1 is 1.31 bits per heavy atom. The molecule has 3 heterocycles. The first-order valence-electron chi connectivity index (χ1n) is 12.6. The van der Waals surface area contributed by atoms with Crippen LogP contribution in [0.1, 0.15) is 71.3 Å². The summed E-state index contributed by atoms with van der Waals surface area (Å²) in [6.45, 7) is 12.8. The van der Waals surface area contributed by atoms with Gasteiger partial charge in [-0.25, -0.2) is 4.68 Å². The molecule has 1 N–H and O–H groups in total. The van der Waals surface area contributed by atoms with Crippen LogP contribution in [0.3, 0.4) is 0 Å². The first-order valence-corrected chi connectivity index (χ1v) is 12.6. The largest absolute Gasteiger partial charge is 0.497 e. The van der Waals surface area contributed by atoms with E-state index in [0.717, 1.165) is 42.6 Å². The van der Waals surface area contributed by atoms with E-state index in [1.807, 2.05) is 28.9 Å². The summed E-state index contributed by atoms with van der Waals surface area (Å²) < 4.78 is 13.3. The molecule has 4 rings (SSSR count). The van der Waals surface area contributed by atoms with Gasteiger partial charge in [0, 0.05) is 31.3 Å². The van der Waals surface area contributed by atoms with Crippen molar-refractivity contribution in [2.45, 2.75) is 78.1 Å². The Bertz CT molecular complexity index is 1200. The van der Waals surface area contributed by atoms with Crippen molar-refractivity contribution in [2.75, 3.05) is 20.3 Å². The third-order valence-corrected chi connectivity index (χ3v) is 7.19. The number of pyridine rings is 1. The number of rotatable bonds is 10. The Balaban J connectivity index is 1.75. The molecule has 190 valence electrons. The summed E-state index contributed by atoms with van der Waals surface area (Å²) in [6, 6.07) is 7.63. The Hall–Kier alpha value is -2.78. The third kappa shape index (κ3) is 5.41. The molecule has 0 saturated carbocycles. The van der Waals surface area contributed by atoms with Crippen molar-refractivity contribution in [1.82, 2.24) is 30.1 Å². The highest BCUT2D eigenvalue weighted by molar-refractivity contribution is 5.80. The van der Waals surface area contributed by atoms with Gasteiger partial charge in [-0.2, -0.15) is 0 Å². The van der Waals surface area contributed by atoms with Gasteiger partial charge in [0.2, 0.25) is 0 Å². The average molecular weight is 483 g/mol. The summed E-state index contributed by atoms with van der Waals surface area (Å²) in [6.07, 6.45) is 3.10. The Labute approximate surface area is 206 Å². The van der Waals surface area contributed by atoms with Gasteiger partial charge in [0.1, 0.15) is 5.75 Å². The minimum atomic E-state index is -0.221. The SMILES string of the molecule is CCC(C)(C)n1nnnc1[C@@H](C(C)C)N(Cc1cc2ccc(OC)cc2[nH]c1=O)C[C@H]1CCCO1. The Kier molecular flexibility index (Phi) is 7.56. The zero-order valence-electron chi connectivity index (χ0n) is 21.7. The van der Waals surface area contributed by atoms with Crippen LogP contribution in [0, 0.1) is 5.92 Å². The van der Waals surface area contributed by atoms with Gasteiger partial charge in [-0.05, 0) is 73.0 Å². The van der Waals surface area contributed by atoms with Crippen LogP contribution < -0.4 is 10.3 Å². The normalized spacial score (nSPS) is 17.5.